The summed E-state index contributed by atoms with van der Waals surface area (Å²) in [6.45, 7) is 0. The summed E-state index contributed by atoms with van der Waals surface area (Å²) in [5.41, 5.74) is 3.23. The van der Waals surface area contributed by atoms with Crippen molar-refractivity contribution in [1.29, 1.82) is 0 Å². The molecule has 0 aromatic heterocycles. The molecule has 1 amide bonds. The van der Waals surface area contributed by atoms with E-state index in [0.29, 0.717) is 11.3 Å². The minimum atomic E-state index is -0.0211. The predicted octanol–water partition coefficient (Wildman–Crippen LogP) is 3.02. The summed E-state index contributed by atoms with van der Waals surface area (Å²) < 4.78 is 0. The lowest BCUT2D eigenvalue weighted by atomic mass is 10.0. The second-order valence-electron chi connectivity index (χ2n) is 4.53. The molecule has 0 saturated heterocycles. The molecule has 0 saturated carbocycles. The Hall–Kier alpha value is -2.71. The third kappa shape index (κ3) is 2.99. The van der Waals surface area contributed by atoms with Crippen molar-refractivity contribution >= 4 is 17.7 Å². The molecule has 0 spiro atoms. The van der Waals surface area contributed by atoms with Gasteiger partial charge in [-0.05, 0) is 35.4 Å². The fourth-order valence-corrected chi connectivity index (χ4v) is 1.84. The van der Waals surface area contributed by atoms with Gasteiger partial charge in [0, 0.05) is 19.7 Å². The highest BCUT2D eigenvalue weighted by Gasteiger charge is 2.07. The van der Waals surface area contributed by atoms with Crippen LogP contribution in [0.4, 0.5) is 5.69 Å². The normalized spacial score (nSPS) is 9.70. The van der Waals surface area contributed by atoms with Crippen LogP contribution in [0.25, 0.3) is 11.1 Å². The molecule has 0 fully saturated rings. The third-order valence-corrected chi connectivity index (χ3v) is 2.91. The van der Waals surface area contributed by atoms with E-state index in [1.807, 2.05) is 24.3 Å². The summed E-state index contributed by atoms with van der Waals surface area (Å²) in [6.07, 6.45) is 1.51. The monoisotopic (exact) mass is 266 g/mol. The summed E-state index contributed by atoms with van der Waals surface area (Å²) >= 11 is 0. The van der Waals surface area contributed by atoms with Crippen LogP contribution in [0.2, 0.25) is 0 Å². The smallest absolute Gasteiger partial charge is 0.253 e. The molecule has 0 unspecified atom stereocenters. The summed E-state index contributed by atoms with van der Waals surface area (Å²) in [6, 6.07) is 14.6. The van der Waals surface area contributed by atoms with Gasteiger partial charge in [-0.15, -0.1) is 0 Å². The quantitative estimate of drug-likeness (QED) is 0.633. The zero-order valence-corrected chi connectivity index (χ0v) is 11.3. The molecule has 4 nitrogen and oxygen atoms in total. The van der Waals surface area contributed by atoms with E-state index in [-0.39, 0.29) is 5.91 Å². The maximum Gasteiger partial charge on any atom is 0.253 e. The van der Waals surface area contributed by atoms with Crippen LogP contribution in [0.3, 0.4) is 0 Å². The average molecular weight is 266 g/mol. The number of carbonyl (C=O) groups is 1. The topological polar surface area (TPSA) is 49.7 Å². The zero-order valence-electron chi connectivity index (χ0n) is 11.3. The Morgan fingerprint density at radius 3 is 1.90 bits per heavy atom. The molecular formula is C16H14N2O2. The Kier molecular flexibility index (Phi) is 4.08. The van der Waals surface area contributed by atoms with Crippen molar-refractivity contribution < 1.29 is 9.59 Å². The van der Waals surface area contributed by atoms with Crippen LogP contribution in [0, 0.1) is 0 Å². The first-order chi connectivity index (χ1) is 9.61. The van der Waals surface area contributed by atoms with Crippen molar-refractivity contribution in [3.8, 4) is 11.1 Å². The number of isocyanates is 1. The van der Waals surface area contributed by atoms with Crippen molar-refractivity contribution in [3.05, 3.63) is 54.1 Å². The lowest BCUT2D eigenvalue weighted by molar-refractivity contribution is 0.0827. The SMILES string of the molecule is CN(C)C(=O)c1ccc(-c2ccc(N=C=O)cc2)cc1. The van der Waals surface area contributed by atoms with Crippen molar-refractivity contribution in [2.75, 3.05) is 14.1 Å². The molecule has 4 heteroatoms. The molecule has 0 aliphatic rings. The lowest BCUT2D eigenvalue weighted by Gasteiger charge is -2.10. The van der Waals surface area contributed by atoms with Gasteiger partial charge in [0.05, 0.1) is 5.69 Å². The summed E-state index contributed by atoms with van der Waals surface area (Å²) in [5, 5.41) is 0. The largest absolute Gasteiger partial charge is 0.345 e. The van der Waals surface area contributed by atoms with E-state index < -0.39 is 0 Å². The van der Waals surface area contributed by atoms with Crippen molar-refractivity contribution in [2.24, 2.45) is 4.99 Å². The fraction of sp³-hybridized carbons (Fsp3) is 0.125. The number of hydrogen-bond acceptors (Lipinski definition) is 3. The van der Waals surface area contributed by atoms with Crippen molar-refractivity contribution in [2.45, 2.75) is 0 Å². The van der Waals surface area contributed by atoms with Crippen molar-refractivity contribution in [3.63, 3.8) is 0 Å². The molecule has 0 bridgehead atoms. The molecule has 0 atom stereocenters. The van der Waals surface area contributed by atoms with Gasteiger partial charge in [-0.2, -0.15) is 4.99 Å². The van der Waals surface area contributed by atoms with Crippen LogP contribution in [-0.2, 0) is 4.79 Å². The van der Waals surface area contributed by atoms with Crippen LogP contribution >= 0.6 is 0 Å². The van der Waals surface area contributed by atoms with Gasteiger partial charge in [0.15, 0.2) is 0 Å². The van der Waals surface area contributed by atoms with Crippen LogP contribution in [0.1, 0.15) is 10.4 Å². The van der Waals surface area contributed by atoms with E-state index in [2.05, 4.69) is 4.99 Å². The van der Waals surface area contributed by atoms with E-state index in [1.165, 1.54) is 6.08 Å². The van der Waals surface area contributed by atoms with Gasteiger partial charge in [0.1, 0.15) is 0 Å². The minimum absolute atomic E-state index is 0.0211. The molecular weight excluding hydrogens is 252 g/mol. The molecule has 0 radical (unpaired) electrons. The van der Waals surface area contributed by atoms with Crippen LogP contribution in [0.5, 0.6) is 0 Å². The molecule has 2 rings (SSSR count). The Morgan fingerprint density at radius 1 is 0.950 bits per heavy atom. The molecule has 0 aliphatic carbocycles. The number of nitrogens with zero attached hydrogens (tertiary/aromatic N) is 2. The average Bonchev–Trinajstić information content (AvgIpc) is 2.48. The number of amides is 1. The molecule has 0 heterocycles. The molecule has 0 N–H and O–H groups in total. The fourth-order valence-electron chi connectivity index (χ4n) is 1.84. The predicted molar refractivity (Wildman–Crippen MR) is 77.7 cm³/mol. The van der Waals surface area contributed by atoms with Crippen LogP contribution in [0.15, 0.2) is 53.5 Å². The molecule has 0 aliphatic heterocycles. The van der Waals surface area contributed by atoms with Crippen LogP contribution in [-0.4, -0.2) is 31.0 Å². The number of hydrogen-bond donors (Lipinski definition) is 0. The zero-order chi connectivity index (χ0) is 14.5. The van der Waals surface area contributed by atoms with Gasteiger partial charge in [0.2, 0.25) is 6.08 Å². The highest BCUT2D eigenvalue weighted by atomic mass is 16.2. The Morgan fingerprint density at radius 2 is 1.45 bits per heavy atom. The first-order valence-corrected chi connectivity index (χ1v) is 6.12. The van der Waals surface area contributed by atoms with Crippen LogP contribution < -0.4 is 0 Å². The molecule has 2 aromatic carbocycles. The number of benzene rings is 2. The van der Waals surface area contributed by atoms with E-state index in [4.69, 9.17) is 0 Å². The maximum atomic E-state index is 11.8. The second kappa shape index (κ2) is 5.95. The Labute approximate surface area is 117 Å². The minimum Gasteiger partial charge on any atom is -0.345 e. The van der Waals surface area contributed by atoms with E-state index in [0.717, 1.165) is 11.1 Å². The summed E-state index contributed by atoms with van der Waals surface area (Å²) in [5.74, 6) is -0.0211. The number of carbonyl (C=O) groups excluding carboxylic acids is 2. The molecule has 20 heavy (non-hydrogen) atoms. The maximum absolute atomic E-state index is 11.8. The Balaban J connectivity index is 2.25. The molecule has 2 aromatic rings. The van der Waals surface area contributed by atoms with Gasteiger partial charge in [-0.3, -0.25) is 4.79 Å². The number of aliphatic imine (C=N–C) groups is 1. The summed E-state index contributed by atoms with van der Waals surface area (Å²) in [7, 11) is 3.45. The van der Waals surface area contributed by atoms with Gasteiger partial charge < -0.3 is 4.90 Å². The first kappa shape index (κ1) is 13.7. The Bertz CT molecular complexity index is 652. The molecule has 100 valence electrons. The van der Waals surface area contributed by atoms with Crippen molar-refractivity contribution in [1.82, 2.24) is 4.90 Å². The third-order valence-electron chi connectivity index (χ3n) is 2.91. The number of rotatable bonds is 3. The van der Waals surface area contributed by atoms with E-state index >= 15 is 0 Å². The standard InChI is InChI=1S/C16H14N2O2/c1-18(2)16(20)14-5-3-12(4-6-14)13-7-9-15(10-8-13)17-11-19/h3-10H,1-2H3. The highest BCUT2D eigenvalue weighted by Crippen LogP contribution is 2.23. The first-order valence-electron chi connectivity index (χ1n) is 6.12. The van der Waals surface area contributed by atoms with Gasteiger partial charge in [0.25, 0.3) is 5.91 Å². The summed E-state index contributed by atoms with van der Waals surface area (Å²) in [4.78, 5) is 27.0. The lowest BCUT2D eigenvalue weighted by Crippen LogP contribution is -2.21. The van der Waals surface area contributed by atoms with Gasteiger partial charge in [-0.25, -0.2) is 4.79 Å². The van der Waals surface area contributed by atoms with Gasteiger partial charge >= 0.3 is 0 Å². The highest BCUT2D eigenvalue weighted by molar-refractivity contribution is 5.94. The van der Waals surface area contributed by atoms with E-state index in [9.17, 15) is 9.59 Å². The second-order valence-corrected chi connectivity index (χ2v) is 4.53. The van der Waals surface area contributed by atoms with E-state index in [1.54, 1.807) is 43.3 Å². The van der Waals surface area contributed by atoms with Gasteiger partial charge in [-0.1, -0.05) is 24.3 Å².